The Morgan fingerprint density at radius 3 is 2.70 bits per heavy atom. The SMILES string of the molecule is NCCCOC1CCN(C(=O)c2ccccc2NC(=O)c2ccsc2)CC1. The highest BCUT2D eigenvalue weighted by atomic mass is 32.1. The van der Waals surface area contributed by atoms with E-state index in [0.717, 1.165) is 19.3 Å². The molecule has 0 saturated carbocycles. The fourth-order valence-electron chi connectivity index (χ4n) is 3.10. The van der Waals surface area contributed by atoms with Gasteiger partial charge < -0.3 is 20.7 Å². The van der Waals surface area contributed by atoms with Crippen molar-refractivity contribution in [3.63, 3.8) is 0 Å². The highest BCUT2D eigenvalue weighted by Gasteiger charge is 2.25. The summed E-state index contributed by atoms with van der Waals surface area (Å²) in [7, 11) is 0. The van der Waals surface area contributed by atoms with Crippen LogP contribution >= 0.6 is 11.3 Å². The third-order valence-electron chi connectivity index (χ3n) is 4.62. The lowest BCUT2D eigenvalue weighted by atomic mass is 10.1. The Morgan fingerprint density at radius 1 is 1.22 bits per heavy atom. The molecule has 0 bridgehead atoms. The van der Waals surface area contributed by atoms with E-state index >= 15 is 0 Å². The van der Waals surface area contributed by atoms with Crippen molar-refractivity contribution in [1.29, 1.82) is 0 Å². The van der Waals surface area contributed by atoms with E-state index in [2.05, 4.69) is 5.32 Å². The molecule has 0 aliphatic carbocycles. The smallest absolute Gasteiger partial charge is 0.256 e. The first-order valence-electron chi connectivity index (χ1n) is 9.22. The van der Waals surface area contributed by atoms with Crippen LogP contribution in [-0.4, -0.2) is 49.1 Å². The molecule has 3 rings (SSSR count). The first kappa shape index (κ1) is 19.5. The lowest BCUT2D eigenvalue weighted by molar-refractivity contribution is 0.00847. The highest BCUT2D eigenvalue weighted by Crippen LogP contribution is 2.22. The zero-order valence-electron chi connectivity index (χ0n) is 15.2. The van der Waals surface area contributed by atoms with E-state index in [1.54, 1.807) is 23.6 Å². The number of rotatable bonds is 7. The number of anilines is 1. The molecule has 1 aromatic carbocycles. The number of ether oxygens (including phenoxy) is 1. The molecule has 6 nitrogen and oxygen atoms in total. The average Bonchev–Trinajstić information content (AvgIpc) is 3.24. The topological polar surface area (TPSA) is 84.7 Å². The molecule has 1 aliphatic rings. The van der Waals surface area contributed by atoms with Crippen molar-refractivity contribution < 1.29 is 14.3 Å². The maximum atomic E-state index is 13.0. The minimum absolute atomic E-state index is 0.0587. The summed E-state index contributed by atoms with van der Waals surface area (Å²) < 4.78 is 5.80. The largest absolute Gasteiger partial charge is 0.378 e. The quantitative estimate of drug-likeness (QED) is 0.716. The van der Waals surface area contributed by atoms with Crippen LogP contribution in [0.5, 0.6) is 0 Å². The van der Waals surface area contributed by atoms with Crippen molar-refractivity contribution >= 4 is 28.8 Å². The van der Waals surface area contributed by atoms with Gasteiger partial charge in [0.25, 0.3) is 11.8 Å². The summed E-state index contributed by atoms with van der Waals surface area (Å²) in [6.07, 6.45) is 2.68. The summed E-state index contributed by atoms with van der Waals surface area (Å²) in [6, 6.07) is 8.92. The van der Waals surface area contributed by atoms with E-state index in [9.17, 15) is 9.59 Å². The van der Waals surface area contributed by atoms with Crippen molar-refractivity contribution in [2.24, 2.45) is 5.73 Å². The van der Waals surface area contributed by atoms with Gasteiger partial charge in [0.05, 0.1) is 22.9 Å². The van der Waals surface area contributed by atoms with Gasteiger partial charge in [-0.05, 0) is 49.4 Å². The highest BCUT2D eigenvalue weighted by molar-refractivity contribution is 7.08. The number of hydrogen-bond acceptors (Lipinski definition) is 5. The number of nitrogens with two attached hydrogens (primary N) is 1. The summed E-state index contributed by atoms with van der Waals surface area (Å²) in [5.74, 6) is -0.264. The Labute approximate surface area is 163 Å². The van der Waals surface area contributed by atoms with Crippen LogP contribution in [0.2, 0.25) is 0 Å². The van der Waals surface area contributed by atoms with Crippen molar-refractivity contribution in [1.82, 2.24) is 4.90 Å². The molecule has 0 unspecified atom stereocenters. The summed E-state index contributed by atoms with van der Waals surface area (Å²) in [4.78, 5) is 27.1. The molecule has 1 fully saturated rings. The molecule has 7 heteroatoms. The number of benzene rings is 1. The predicted octanol–water partition coefficient (Wildman–Crippen LogP) is 2.97. The molecule has 1 aromatic heterocycles. The molecule has 1 aliphatic heterocycles. The number of carbonyl (C=O) groups is 2. The van der Waals surface area contributed by atoms with Crippen LogP contribution in [0.4, 0.5) is 5.69 Å². The van der Waals surface area contributed by atoms with E-state index in [1.807, 2.05) is 22.4 Å². The van der Waals surface area contributed by atoms with Crippen LogP contribution < -0.4 is 11.1 Å². The predicted molar refractivity (Wildman–Crippen MR) is 107 cm³/mol. The number of hydrogen-bond donors (Lipinski definition) is 2. The second-order valence-corrected chi connectivity index (χ2v) is 7.30. The molecule has 0 radical (unpaired) electrons. The van der Waals surface area contributed by atoms with Gasteiger partial charge in [-0.25, -0.2) is 0 Å². The molecule has 1 saturated heterocycles. The number of amides is 2. The van der Waals surface area contributed by atoms with Crippen LogP contribution in [0.25, 0.3) is 0 Å². The number of piperidine rings is 1. The second-order valence-electron chi connectivity index (χ2n) is 6.52. The lowest BCUT2D eigenvalue weighted by Gasteiger charge is -2.32. The standard InChI is InChI=1S/C20H25N3O3S/c21-9-3-12-26-16-6-10-23(11-7-16)20(25)17-4-1-2-5-18(17)22-19(24)15-8-13-27-14-15/h1-2,4-5,8,13-14,16H,3,6-7,9-12,21H2,(H,22,24). The summed E-state index contributed by atoms with van der Waals surface area (Å²) >= 11 is 1.46. The monoisotopic (exact) mass is 387 g/mol. The van der Waals surface area contributed by atoms with Crippen LogP contribution in [0.3, 0.4) is 0 Å². The van der Waals surface area contributed by atoms with Gasteiger partial charge in [0, 0.05) is 25.1 Å². The maximum absolute atomic E-state index is 13.0. The van der Waals surface area contributed by atoms with Crippen molar-refractivity contribution in [3.8, 4) is 0 Å². The Morgan fingerprint density at radius 2 is 2.00 bits per heavy atom. The summed E-state index contributed by atoms with van der Waals surface area (Å²) in [5.41, 5.74) is 7.14. The van der Waals surface area contributed by atoms with Gasteiger partial charge in [0.2, 0.25) is 0 Å². The number of para-hydroxylation sites is 1. The van der Waals surface area contributed by atoms with Gasteiger partial charge in [0.15, 0.2) is 0 Å². The Balaban J connectivity index is 1.61. The molecule has 0 atom stereocenters. The second kappa shape index (κ2) is 9.64. The Kier molecular flexibility index (Phi) is 6.98. The molecular weight excluding hydrogens is 362 g/mol. The van der Waals surface area contributed by atoms with Gasteiger partial charge >= 0.3 is 0 Å². The zero-order valence-corrected chi connectivity index (χ0v) is 16.0. The van der Waals surface area contributed by atoms with Gasteiger partial charge in [-0.15, -0.1) is 0 Å². The minimum atomic E-state index is -0.205. The van der Waals surface area contributed by atoms with Crippen molar-refractivity contribution in [2.45, 2.75) is 25.4 Å². The lowest BCUT2D eigenvalue weighted by Crippen LogP contribution is -2.41. The molecule has 3 N–H and O–H groups in total. The fraction of sp³-hybridized carbons (Fsp3) is 0.400. The van der Waals surface area contributed by atoms with Gasteiger partial charge in [-0.3, -0.25) is 9.59 Å². The minimum Gasteiger partial charge on any atom is -0.378 e. The average molecular weight is 388 g/mol. The molecule has 0 spiro atoms. The molecule has 144 valence electrons. The number of carbonyl (C=O) groups excluding carboxylic acids is 2. The first-order chi connectivity index (χ1) is 13.2. The number of nitrogens with one attached hydrogen (secondary N) is 1. The van der Waals surface area contributed by atoms with Gasteiger partial charge in [-0.1, -0.05) is 12.1 Å². The molecule has 2 heterocycles. The normalized spacial score (nSPS) is 14.9. The van der Waals surface area contributed by atoms with E-state index in [-0.39, 0.29) is 17.9 Å². The van der Waals surface area contributed by atoms with E-state index < -0.39 is 0 Å². The fourth-order valence-corrected chi connectivity index (χ4v) is 3.73. The maximum Gasteiger partial charge on any atom is 0.256 e. The molecule has 27 heavy (non-hydrogen) atoms. The number of nitrogens with zero attached hydrogens (tertiary/aromatic N) is 1. The van der Waals surface area contributed by atoms with Crippen LogP contribution in [0.1, 0.15) is 40.0 Å². The van der Waals surface area contributed by atoms with Gasteiger partial charge in [-0.2, -0.15) is 11.3 Å². The first-order valence-corrected chi connectivity index (χ1v) is 10.2. The summed E-state index contributed by atoms with van der Waals surface area (Å²) in [6.45, 7) is 2.61. The van der Waals surface area contributed by atoms with Crippen molar-refractivity contribution in [3.05, 3.63) is 52.2 Å². The van der Waals surface area contributed by atoms with E-state index in [1.165, 1.54) is 11.3 Å². The van der Waals surface area contributed by atoms with Gasteiger partial charge in [0.1, 0.15) is 0 Å². The van der Waals surface area contributed by atoms with Crippen LogP contribution in [-0.2, 0) is 4.74 Å². The number of likely N-dealkylation sites (tertiary alicyclic amines) is 1. The Hall–Kier alpha value is -2.22. The number of thiophene rings is 1. The summed E-state index contributed by atoms with van der Waals surface area (Å²) in [5, 5.41) is 6.50. The Bertz CT molecular complexity index is 756. The van der Waals surface area contributed by atoms with Crippen molar-refractivity contribution in [2.75, 3.05) is 31.6 Å². The van der Waals surface area contributed by atoms with E-state index in [4.69, 9.17) is 10.5 Å². The zero-order chi connectivity index (χ0) is 19.1. The van der Waals surface area contributed by atoms with E-state index in [0.29, 0.717) is 43.1 Å². The molecule has 2 aromatic rings. The molecular formula is C20H25N3O3S. The third-order valence-corrected chi connectivity index (χ3v) is 5.30. The van der Waals surface area contributed by atoms with Crippen LogP contribution in [0.15, 0.2) is 41.1 Å². The van der Waals surface area contributed by atoms with Crippen LogP contribution in [0, 0.1) is 0 Å². The third kappa shape index (κ3) is 5.15. The molecule has 2 amide bonds.